The van der Waals surface area contributed by atoms with Crippen LogP contribution in [-0.4, -0.2) is 50.9 Å². The Morgan fingerprint density at radius 2 is 1.63 bits per heavy atom. The number of aryl methyl sites for hydroxylation is 1. The Morgan fingerprint density at radius 1 is 0.977 bits per heavy atom. The molecule has 12 heteroatoms. The fraction of sp³-hybridized carbons (Fsp3) is 0.355. The molecule has 0 aliphatic heterocycles. The monoisotopic (exact) mass is 619 g/mol. The molecule has 0 aliphatic carbocycles. The first kappa shape index (κ1) is 33.4. The molecule has 2 amide bonds. The van der Waals surface area contributed by atoms with Crippen molar-refractivity contribution in [2.75, 3.05) is 18.0 Å². The van der Waals surface area contributed by atoms with Crippen molar-refractivity contribution in [2.24, 2.45) is 0 Å². The average molecular weight is 620 g/mol. The first-order valence-electron chi connectivity index (χ1n) is 13.7. The standard InChI is InChI=1S/C31H36F3N3O5S/c1-6-28(30(39)35-21(2)3)36(19-23-9-7-12-26(17-23)42-5)29(38)20-37(25-11-8-10-24(18-25)31(32,33)34)43(40,41)27-15-13-22(4)14-16-27/h7-18,21,28H,6,19-20H2,1-5H3,(H,35,39)/t28-/m1/s1. The number of halogens is 3. The molecule has 0 bridgehead atoms. The molecule has 0 radical (unpaired) electrons. The molecule has 0 spiro atoms. The van der Waals surface area contributed by atoms with Crippen LogP contribution in [0.3, 0.4) is 0 Å². The first-order chi connectivity index (χ1) is 20.2. The Labute approximate surface area is 250 Å². The summed E-state index contributed by atoms with van der Waals surface area (Å²) in [5.41, 5.74) is -0.0372. The Kier molecular flexibility index (Phi) is 10.8. The maximum absolute atomic E-state index is 14.1. The average Bonchev–Trinajstić information content (AvgIpc) is 2.95. The number of hydrogen-bond acceptors (Lipinski definition) is 5. The summed E-state index contributed by atoms with van der Waals surface area (Å²) < 4.78 is 74.7. The number of sulfonamides is 1. The van der Waals surface area contributed by atoms with Gasteiger partial charge in [0.15, 0.2) is 0 Å². The van der Waals surface area contributed by atoms with E-state index < -0.39 is 46.2 Å². The van der Waals surface area contributed by atoms with Gasteiger partial charge in [-0.15, -0.1) is 0 Å². The number of methoxy groups -OCH3 is 1. The van der Waals surface area contributed by atoms with Crippen LogP contribution in [0, 0.1) is 6.92 Å². The second-order valence-corrected chi connectivity index (χ2v) is 12.2. The zero-order chi connectivity index (χ0) is 31.9. The summed E-state index contributed by atoms with van der Waals surface area (Å²) >= 11 is 0. The normalized spacial score (nSPS) is 12.5. The molecule has 3 aromatic carbocycles. The molecule has 0 heterocycles. The lowest BCUT2D eigenvalue weighted by molar-refractivity contribution is -0.140. The van der Waals surface area contributed by atoms with E-state index in [0.29, 0.717) is 21.7 Å². The third-order valence-electron chi connectivity index (χ3n) is 6.65. The third-order valence-corrected chi connectivity index (χ3v) is 8.44. The molecule has 0 saturated carbocycles. The number of alkyl halides is 3. The highest BCUT2D eigenvalue weighted by molar-refractivity contribution is 7.92. The van der Waals surface area contributed by atoms with Crippen LogP contribution in [0.5, 0.6) is 5.75 Å². The number of hydrogen-bond donors (Lipinski definition) is 1. The molecule has 8 nitrogen and oxygen atoms in total. The van der Waals surface area contributed by atoms with Gasteiger partial charge in [0.05, 0.1) is 23.3 Å². The minimum absolute atomic E-state index is 0.0823. The van der Waals surface area contributed by atoms with Gasteiger partial charge in [0.25, 0.3) is 10.0 Å². The summed E-state index contributed by atoms with van der Waals surface area (Å²) in [7, 11) is -3.04. The van der Waals surface area contributed by atoms with E-state index in [1.807, 2.05) is 0 Å². The molecule has 1 N–H and O–H groups in total. The first-order valence-corrected chi connectivity index (χ1v) is 15.1. The van der Waals surface area contributed by atoms with Crippen molar-refractivity contribution in [3.05, 3.63) is 89.5 Å². The largest absolute Gasteiger partial charge is 0.497 e. The van der Waals surface area contributed by atoms with E-state index in [9.17, 15) is 31.2 Å². The number of anilines is 1. The van der Waals surface area contributed by atoms with Crippen LogP contribution < -0.4 is 14.4 Å². The summed E-state index contributed by atoms with van der Waals surface area (Å²) in [6.07, 6.45) is -4.55. The van der Waals surface area contributed by atoms with Crippen molar-refractivity contribution in [1.29, 1.82) is 0 Å². The van der Waals surface area contributed by atoms with Crippen molar-refractivity contribution in [2.45, 2.75) is 63.8 Å². The predicted molar refractivity (Wildman–Crippen MR) is 158 cm³/mol. The Balaban J connectivity index is 2.13. The second-order valence-electron chi connectivity index (χ2n) is 10.3. The number of benzene rings is 3. The fourth-order valence-corrected chi connectivity index (χ4v) is 5.88. The SMILES string of the molecule is CC[C@H](C(=O)NC(C)C)N(Cc1cccc(OC)c1)C(=O)CN(c1cccc(C(F)(F)F)c1)S(=O)(=O)c1ccc(C)cc1. The molecule has 0 fully saturated rings. The van der Waals surface area contributed by atoms with Crippen molar-refractivity contribution >= 4 is 27.5 Å². The molecule has 43 heavy (non-hydrogen) atoms. The van der Waals surface area contributed by atoms with Gasteiger partial charge in [-0.2, -0.15) is 13.2 Å². The van der Waals surface area contributed by atoms with Crippen LogP contribution in [-0.2, 0) is 32.3 Å². The molecule has 3 aromatic rings. The minimum Gasteiger partial charge on any atom is -0.497 e. The number of carbonyl (C=O) groups excluding carboxylic acids is 2. The lowest BCUT2D eigenvalue weighted by Crippen LogP contribution is -2.53. The Morgan fingerprint density at radius 3 is 2.21 bits per heavy atom. The number of ether oxygens (including phenoxy) is 1. The van der Waals surface area contributed by atoms with Gasteiger partial charge in [0.2, 0.25) is 11.8 Å². The van der Waals surface area contributed by atoms with Gasteiger partial charge in [0.1, 0.15) is 18.3 Å². The molecule has 232 valence electrons. The predicted octanol–water partition coefficient (Wildman–Crippen LogP) is 5.55. The number of rotatable bonds is 12. The van der Waals surface area contributed by atoms with Crippen molar-refractivity contribution in [1.82, 2.24) is 10.2 Å². The van der Waals surface area contributed by atoms with Crippen LogP contribution in [0.15, 0.2) is 77.7 Å². The van der Waals surface area contributed by atoms with Gasteiger partial charge in [-0.3, -0.25) is 13.9 Å². The second kappa shape index (κ2) is 13.9. The topological polar surface area (TPSA) is 96.0 Å². The summed E-state index contributed by atoms with van der Waals surface area (Å²) in [5, 5.41) is 2.79. The number of nitrogens with zero attached hydrogens (tertiary/aromatic N) is 2. The van der Waals surface area contributed by atoms with Gasteiger partial charge < -0.3 is 15.0 Å². The van der Waals surface area contributed by atoms with Crippen LogP contribution in [0.25, 0.3) is 0 Å². The van der Waals surface area contributed by atoms with E-state index in [1.54, 1.807) is 64.1 Å². The molecule has 1 atom stereocenters. The molecular formula is C31H36F3N3O5S. The maximum Gasteiger partial charge on any atom is 0.416 e. The van der Waals surface area contributed by atoms with E-state index in [1.165, 1.54) is 30.2 Å². The molecule has 0 aliphatic rings. The van der Waals surface area contributed by atoms with Gasteiger partial charge in [0, 0.05) is 12.6 Å². The highest BCUT2D eigenvalue weighted by Gasteiger charge is 2.36. The van der Waals surface area contributed by atoms with Gasteiger partial charge >= 0.3 is 6.18 Å². The maximum atomic E-state index is 14.1. The van der Waals surface area contributed by atoms with Crippen LogP contribution in [0.1, 0.15) is 43.9 Å². The molecule has 0 saturated heterocycles. The number of amides is 2. The quantitative estimate of drug-likeness (QED) is 0.287. The summed E-state index contributed by atoms with van der Waals surface area (Å²) in [6.45, 7) is 6.07. The smallest absolute Gasteiger partial charge is 0.416 e. The van der Waals surface area contributed by atoms with E-state index in [2.05, 4.69) is 5.32 Å². The Bertz CT molecular complexity index is 1530. The van der Waals surface area contributed by atoms with Gasteiger partial charge in [-0.1, -0.05) is 42.8 Å². The minimum atomic E-state index is -4.75. The molecule has 0 aromatic heterocycles. The fourth-order valence-electron chi connectivity index (χ4n) is 4.47. The van der Waals surface area contributed by atoms with E-state index in [-0.39, 0.29) is 29.6 Å². The van der Waals surface area contributed by atoms with Crippen LogP contribution in [0.2, 0.25) is 0 Å². The summed E-state index contributed by atoms with van der Waals surface area (Å²) in [6, 6.07) is 15.1. The molecular weight excluding hydrogens is 583 g/mol. The van der Waals surface area contributed by atoms with Crippen molar-refractivity contribution < 1.29 is 35.9 Å². The molecule has 0 unspecified atom stereocenters. The molecule has 3 rings (SSSR count). The van der Waals surface area contributed by atoms with Crippen molar-refractivity contribution in [3.8, 4) is 5.75 Å². The van der Waals surface area contributed by atoms with E-state index in [4.69, 9.17) is 4.74 Å². The highest BCUT2D eigenvalue weighted by Crippen LogP contribution is 2.33. The third kappa shape index (κ3) is 8.50. The zero-order valence-electron chi connectivity index (χ0n) is 24.7. The van der Waals surface area contributed by atoms with E-state index >= 15 is 0 Å². The Hall–Kier alpha value is -4.06. The number of carbonyl (C=O) groups is 2. The van der Waals surface area contributed by atoms with E-state index in [0.717, 1.165) is 17.7 Å². The number of nitrogens with one attached hydrogen (secondary N) is 1. The van der Waals surface area contributed by atoms with Gasteiger partial charge in [-0.25, -0.2) is 8.42 Å². The lowest BCUT2D eigenvalue weighted by Gasteiger charge is -2.33. The lowest BCUT2D eigenvalue weighted by atomic mass is 10.1. The highest BCUT2D eigenvalue weighted by atomic mass is 32.2. The van der Waals surface area contributed by atoms with Gasteiger partial charge in [-0.05, 0) is 75.2 Å². The summed E-state index contributed by atoms with van der Waals surface area (Å²) in [5.74, 6) is -0.709. The van der Waals surface area contributed by atoms with Crippen molar-refractivity contribution in [3.63, 3.8) is 0 Å². The van der Waals surface area contributed by atoms with Crippen LogP contribution in [0.4, 0.5) is 18.9 Å². The van der Waals surface area contributed by atoms with Crippen LogP contribution >= 0.6 is 0 Å². The zero-order valence-corrected chi connectivity index (χ0v) is 25.5. The summed E-state index contributed by atoms with van der Waals surface area (Å²) in [4.78, 5) is 28.3.